The molecule has 0 atom stereocenters. The fraction of sp³-hybridized carbons (Fsp3) is 0.294. The zero-order chi connectivity index (χ0) is 18.4. The maximum Gasteiger partial charge on any atom is 0.257 e. The number of hydrogen-bond donors (Lipinski definition) is 2. The highest BCUT2D eigenvalue weighted by Gasteiger charge is 2.20. The highest BCUT2D eigenvalue weighted by Crippen LogP contribution is 2.25. The van der Waals surface area contributed by atoms with Gasteiger partial charge in [0.2, 0.25) is 5.91 Å². The number of nitrogens with zero attached hydrogens (tertiary/aromatic N) is 1. The number of hydrogen-bond acceptors (Lipinski definition) is 4. The van der Waals surface area contributed by atoms with Crippen LogP contribution in [0.3, 0.4) is 0 Å². The van der Waals surface area contributed by atoms with Gasteiger partial charge < -0.3 is 20.4 Å². The molecule has 1 heterocycles. The molecule has 0 bridgehead atoms. The zero-order valence-corrected chi connectivity index (χ0v) is 15.2. The van der Waals surface area contributed by atoms with Crippen molar-refractivity contribution in [1.82, 2.24) is 4.90 Å². The molecule has 2 aromatic rings. The Morgan fingerprint density at radius 3 is 2.64 bits per heavy atom. The van der Waals surface area contributed by atoms with Crippen molar-refractivity contribution in [1.29, 1.82) is 0 Å². The second-order valence-corrected chi connectivity index (χ2v) is 6.25. The van der Waals surface area contributed by atoms with Crippen molar-refractivity contribution in [3.8, 4) is 0 Å². The SMILES string of the molecule is CCCN(CC(=O)Nc1ccc(Cl)cc1Cl)C(=O)c1coc(CN)c1. The van der Waals surface area contributed by atoms with E-state index in [9.17, 15) is 9.59 Å². The van der Waals surface area contributed by atoms with Crippen molar-refractivity contribution in [3.63, 3.8) is 0 Å². The van der Waals surface area contributed by atoms with Crippen molar-refractivity contribution in [2.45, 2.75) is 19.9 Å². The van der Waals surface area contributed by atoms with Crippen LogP contribution >= 0.6 is 23.2 Å². The van der Waals surface area contributed by atoms with Crippen LogP contribution in [0.1, 0.15) is 29.5 Å². The fourth-order valence-corrected chi connectivity index (χ4v) is 2.71. The Morgan fingerprint density at radius 2 is 2.04 bits per heavy atom. The summed E-state index contributed by atoms with van der Waals surface area (Å²) in [4.78, 5) is 26.3. The third-order valence-corrected chi connectivity index (χ3v) is 3.97. The Balaban J connectivity index is 2.06. The monoisotopic (exact) mass is 383 g/mol. The van der Waals surface area contributed by atoms with E-state index in [0.717, 1.165) is 0 Å². The molecule has 0 spiro atoms. The Bertz CT molecular complexity index is 761. The second-order valence-electron chi connectivity index (χ2n) is 5.40. The van der Waals surface area contributed by atoms with Gasteiger partial charge in [-0.1, -0.05) is 30.1 Å². The third-order valence-electron chi connectivity index (χ3n) is 3.42. The van der Waals surface area contributed by atoms with Crippen LogP contribution < -0.4 is 11.1 Å². The molecule has 0 aliphatic heterocycles. The molecule has 0 aliphatic rings. The van der Waals surface area contributed by atoms with Crippen LogP contribution in [0.25, 0.3) is 0 Å². The normalized spacial score (nSPS) is 10.6. The van der Waals surface area contributed by atoms with Gasteiger partial charge in [0.05, 0.1) is 22.8 Å². The largest absolute Gasteiger partial charge is 0.467 e. The molecule has 0 unspecified atom stereocenters. The van der Waals surface area contributed by atoms with Gasteiger partial charge in [-0.05, 0) is 30.7 Å². The van der Waals surface area contributed by atoms with E-state index >= 15 is 0 Å². The predicted octanol–water partition coefficient (Wildman–Crippen LogP) is 3.54. The number of nitrogens with two attached hydrogens (primary N) is 1. The summed E-state index contributed by atoms with van der Waals surface area (Å²) in [5.41, 5.74) is 6.29. The van der Waals surface area contributed by atoms with Crippen molar-refractivity contribution in [3.05, 3.63) is 51.9 Å². The quantitative estimate of drug-likeness (QED) is 0.764. The molecule has 0 fully saturated rings. The molecular weight excluding hydrogens is 365 g/mol. The molecular formula is C17H19Cl2N3O3. The van der Waals surface area contributed by atoms with Gasteiger partial charge in [0.25, 0.3) is 5.91 Å². The first-order valence-electron chi connectivity index (χ1n) is 7.76. The number of halogens is 2. The molecule has 0 aliphatic carbocycles. The zero-order valence-electron chi connectivity index (χ0n) is 13.7. The van der Waals surface area contributed by atoms with Crippen LogP contribution in [0, 0.1) is 0 Å². The maximum absolute atomic E-state index is 12.6. The lowest BCUT2D eigenvalue weighted by molar-refractivity contribution is -0.116. The summed E-state index contributed by atoms with van der Waals surface area (Å²) < 4.78 is 5.19. The number of furan rings is 1. The smallest absolute Gasteiger partial charge is 0.257 e. The molecule has 0 saturated carbocycles. The maximum atomic E-state index is 12.6. The molecule has 2 rings (SSSR count). The Kier molecular flexibility index (Phi) is 6.87. The number of nitrogens with one attached hydrogen (secondary N) is 1. The number of carbonyl (C=O) groups excluding carboxylic acids is 2. The van der Waals surface area contributed by atoms with Crippen LogP contribution in [0.2, 0.25) is 10.0 Å². The molecule has 3 N–H and O–H groups in total. The third kappa shape index (κ3) is 5.22. The molecule has 2 amide bonds. The van der Waals surface area contributed by atoms with E-state index in [4.69, 9.17) is 33.4 Å². The summed E-state index contributed by atoms with van der Waals surface area (Å²) in [6, 6.07) is 6.35. The summed E-state index contributed by atoms with van der Waals surface area (Å²) in [5, 5.41) is 3.49. The standard InChI is InChI=1S/C17H19Cl2N3O3/c1-2-5-22(17(24)11-6-13(8-20)25-10-11)9-16(23)21-15-4-3-12(18)7-14(15)19/h3-4,6-7,10H,2,5,8-9,20H2,1H3,(H,21,23). The first-order chi connectivity index (χ1) is 11.9. The fourth-order valence-electron chi connectivity index (χ4n) is 2.26. The molecule has 1 aromatic carbocycles. The molecule has 0 saturated heterocycles. The lowest BCUT2D eigenvalue weighted by atomic mass is 10.2. The van der Waals surface area contributed by atoms with Gasteiger partial charge >= 0.3 is 0 Å². The van der Waals surface area contributed by atoms with Crippen LogP contribution in [-0.2, 0) is 11.3 Å². The first kappa shape index (κ1) is 19.3. The van der Waals surface area contributed by atoms with Gasteiger partial charge in [0.15, 0.2) is 0 Å². The minimum absolute atomic E-state index is 0.102. The Labute approximate surface area is 155 Å². The van der Waals surface area contributed by atoms with E-state index in [1.54, 1.807) is 18.2 Å². The molecule has 25 heavy (non-hydrogen) atoms. The molecule has 1 aromatic heterocycles. The van der Waals surface area contributed by atoms with Crippen molar-refractivity contribution in [2.75, 3.05) is 18.4 Å². The Morgan fingerprint density at radius 1 is 1.28 bits per heavy atom. The molecule has 0 radical (unpaired) electrons. The second kappa shape index (κ2) is 8.89. The van der Waals surface area contributed by atoms with Crippen molar-refractivity contribution < 1.29 is 14.0 Å². The van der Waals surface area contributed by atoms with E-state index in [1.807, 2.05) is 6.92 Å². The number of rotatable bonds is 7. The van der Waals surface area contributed by atoms with E-state index < -0.39 is 0 Å². The highest BCUT2D eigenvalue weighted by atomic mass is 35.5. The van der Waals surface area contributed by atoms with Gasteiger partial charge in [-0.15, -0.1) is 0 Å². The van der Waals surface area contributed by atoms with Gasteiger partial charge in [-0.25, -0.2) is 0 Å². The number of amides is 2. The highest BCUT2D eigenvalue weighted by molar-refractivity contribution is 6.36. The summed E-state index contributed by atoms with van der Waals surface area (Å²) in [5.74, 6) is -0.131. The van der Waals surface area contributed by atoms with E-state index in [0.29, 0.717) is 40.0 Å². The molecule has 134 valence electrons. The average molecular weight is 384 g/mol. The minimum atomic E-state index is -0.353. The van der Waals surface area contributed by atoms with E-state index in [2.05, 4.69) is 5.32 Å². The van der Waals surface area contributed by atoms with E-state index in [1.165, 1.54) is 17.2 Å². The van der Waals surface area contributed by atoms with Crippen LogP contribution in [0.15, 0.2) is 34.9 Å². The lowest BCUT2D eigenvalue weighted by Crippen LogP contribution is -2.38. The van der Waals surface area contributed by atoms with Crippen molar-refractivity contribution >= 4 is 40.7 Å². The number of benzene rings is 1. The summed E-state index contributed by atoms with van der Waals surface area (Å²) in [6.45, 7) is 2.46. The van der Waals surface area contributed by atoms with Gasteiger partial charge in [0.1, 0.15) is 18.6 Å². The van der Waals surface area contributed by atoms with Crippen LogP contribution in [-0.4, -0.2) is 29.8 Å². The van der Waals surface area contributed by atoms with Crippen LogP contribution in [0.4, 0.5) is 5.69 Å². The minimum Gasteiger partial charge on any atom is -0.467 e. The first-order valence-corrected chi connectivity index (χ1v) is 8.51. The molecule has 6 nitrogen and oxygen atoms in total. The van der Waals surface area contributed by atoms with E-state index in [-0.39, 0.29) is 24.9 Å². The van der Waals surface area contributed by atoms with Crippen molar-refractivity contribution in [2.24, 2.45) is 5.73 Å². The van der Waals surface area contributed by atoms with Crippen LogP contribution in [0.5, 0.6) is 0 Å². The summed E-state index contributed by atoms with van der Waals surface area (Å²) in [7, 11) is 0. The number of carbonyl (C=O) groups is 2. The number of anilines is 1. The topological polar surface area (TPSA) is 88.6 Å². The average Bonchev–Trinajstić information content (AvgIpc) is 3.05. The van der Waals surface area contributed by atoms with Gasteiger partial charge in [-0.3, -0.25) is 9.59 Å². The molecule has 8 heteroatoms. The van der Waals surface area contributed by atoms with Gasteiger partial charge in [-0.2, -0.15) is 0 Å². The lowest BCUT2D eigenvalue weighted by Gasteiger charge is -2.21. The summed E-state index contributed by atoms with van der Waals surface area (Å²) in [6.07, 6.45) is 2.06. The van der Waals surface area contributed by atoms with Gasteiger partial charge in [0, 0.05) is 11.6 Å². The summed E-state index contributed by atoms with van der Waals surface area (Å²) >= 11 is 11.9. The predicted molar refractivity (Wildman–Crippen MR) is 97.9 cm³/mol. The Hall–Kier alpha value is -2.02.